The van der Waals surface area contributed by atoms with Crippen LogP contribution in [0.1, 0.15) is 30.9 Å². The van der Waals surface area contributed by atoms with E-state index in [1.54, 1.807) is 12.1 Å². The van der Waals surface area contributed by atoms with Gasteiger partial charge in [0.2, 0.25) is 5.91 Å². The molecule has 0 spiro atoms. The fourth-order valence-corrected chi connectivity index (χ4v) is 4.42. The van der Waals surface area contributed by atoms with Crippen molar-refractivity contribution < 1.29 is 22.7 Å². The van der Waals surface area contributed by atoms with E-state index < -0.39 is 21.6 Å². The summed E-state index contributed by atoms with van der Waals surface area (Å²) >= 11 is 0. The Balaban J connectivity index is 2.21. The molecular formula is C20H21FN2O4S. The first-order chi connectivity index (χ1) is 13.1. The van der Waals surface area contributed by atoms with Gasteiger partial charge in [0.15, 0.2) is 11.6 Å². The molecule has 2 N–H and O–H groups in total. The number of aromatic hydroxyl groups is 1. The van der Waals surface area contributed by atoms with Gasteiger partial charge in [0.05, 0.1) is 10.4 Å². The second-order valence-corrected chi connectivity index (χ2v) is 8.67. The molecule has 148 valence electrons. The molecule has 0 radical (unpaired) electrons. The number of phenols is 1. The number of rotatable bonds is 5. The summed E-state index contributed by atoms with van der Waals surface area (Å²) in [7, 11) is -3.97. The number of aromatic nitrogens is 1. The Bertz CT molecular complexity index is 1150. The number of nitrogens with zero attached hydrogens (tertiary/aromatic N) is 1. The van der Waals surface area contributed by atoms with Gasteiger partial charge in [-0.25, -0.2) is 16.8 Å². The van der Waals surface area contributed by atoms with Crippen molar-refractivity contribution in [2.24, 2.45) is 0 Å². The summed E-state index contributed by atoms with van der Waals surface area (Å²) in [6, 6.07) is 8.58. The van der Waals surface area contributed by atoms with Crippen LogP contribution in [0.25, 0.3) is 10.9 Å². The van der Waals surface area contributed by atoms with Gasteiger partial charge in [0.25, 0.3) is 10.0 Å². The summed E-state index contributed by atoms with van der Waals surface area (Å²) in [5, 5.41) is 12.9. The van der Waals surface area contributed by atoms with E-state index in [1.807, 2.05) is 13.8 Å². The number of nitrogens with one attached hydrogen (secondary N) is 1. The molecule has 0 aliphatic heterocycles. The summed E-state index contributed by atoms with van der Waals surface area (Å²) in [5.41, 5.74) is 1.62. The van der Waals surface area contributed by atoms with Crippen LogP contribution in [0.4, 0.5) is 4.39 Å². The maximum atomic E-state index is 14.0. The summed E-state index contributed by atoms with van der Waals surface area (Å²) in [4.78, 5) is 11.3. The first-order valence-corrected chi connectivity index (χ1v) is 10.2. The quantitative estimate of drug-likeness (QED) is 0.683. The number of benzene rings is 2. The Morgan fingerprint density at radius 2 is 1.89 bits per heavy atom. The summed E-state index contributed by atoms with van der Waals surface area (Å²) < 4.78 is 41.4. The first kappa shape index (κ1) is 19.9. The first-order valence-electron chi connectivity index (χ1n) is 8.71. The summed E-state index contributed by atoms with van der Waals surface area (Å²) in [5.74, 6) is -1.94. The van der Waals surface area contributed by atoms with Crippen LogP contribution in [0.15, 0.2) is 47.5 Å². The van der Waals surface area contributed by atoms with Crippen LogP contribution in [0.2, 0.25) is 0 Å². The highest BCUT2D eigenvalue weighted by molar-refractivity contribution is 7.90. The molecule has 1 heterocycles. The Labute approximate surface area is 162 Å². The lowest BCUT2D eigenvalue weighted by Gasteiger charge is -2.11. The van der Waals surface area contributed by atoms with Crippen LogP contribution in [0, 0.1) is 12.7 Å². The maximum Gasteiger partial charge on any atom is 0.268 e. The van der Waals surface area contributed by atoms with Crippen molar-refractivity contribution in [3.05, 3.63) is 59.5 Å². The van der Waals surface area contributed by atoms with Gasteiger partial charge in [0, 0.05) is 37.0 Å². The van der Waals surface area contributed by atoms with Gasteiger partial charge < -0.3 is 10.4 Å². The fourth-order valence-electron chi connectivity index (χ4n) is 3.05. The zero-order valence-electron chi connectivity index (χ0n) is 15.7. The number of fused-ring (bicyclic) bond motifs is 1. The van der Waals surface area contributed by atoms with Gasteiger partial charge in [-0.15, -0.1) is 0 Å². The Morgan fingerprint density at radius 3 is 2.50 bits per heavy atom. The minimum atomic E-state index is -3.97. The summed E-state index contributed by atoms with van der Waals surface area (Å²) in [6.07, 6.45) is 1.42. The molecule has 0 aliphatic carbocycles. The van der Waals surface area contributed by atoms with Crippen LogP contribution in [-0.4, -0.2) is 29.9 Å². The number of halogens is 1. The van der Waals surface area contributed by atoms with Gasteiger partial charge in [-0.05, 0) is 30.7 Å². The number of amides is 1. The topological polar surface area (TPSA) is 88.4 Å². The van der Waals surface area contributed by atoms with Crippen LogP contribution >= 0.6 is 0 Å². The largest absolute Gasteiger partial charge is 0.505 e. The summed E-state index contributed by atoms with van der Waals surface area (Å²) in [6.45, 7) is 5.32. The molecule has 1 amide bonds. The van der Waals surface area contributed by atoms with Crippen molar-refractivity contribution in [2.45, 2.75) is 31.6 Å². The molecule has 6 nitrogen and oxygen atoms in total. The molecule has 8 heteroatoms. The molecule has 3 aromatic rings. The molecule has 3 rings (SSSR count). The lowest BCUT2D eigenvalue weighted by atomic mass is 10.0. The van der Waals surface area contributed by atoms with E-state index in [4.69, 9.17) is 0 Å². The van der Waals surface area contributed by atoms with Crippen LogP contribution in [0.5, 0.6) is 5.75 Å². The number of phenolic OH excluding ortho intramolecular Hbond substituents is 1. The average Bonchev–Trinajstić information content (AvgIpc) is 2.99. The molecular weight excluding hydrogens is 383 g/mol. The third-order valence-corrected chi connectivity index (χ3v) is 6.32. The average molecular weight is 404 g/mol. The third kappa shape index (κ3) is 3.60. The van der Waals surface area contributed by atoms with Crippen LogP contribution < -0.4 is 5.32 Å². The minimum absolute atomic E-state index is 0.0737. The van der Waals surface area contributed by atoms with Crippen LogP contribution in [0.3, 0.4) is 0 Å². The molecule has 1 aromatic heterocycles. The van der Waals surface area contributed by atoms with Crippen molar-refractivity contribution in [2.75, 3.05) is 6.54 Å². The highest BCUT2D eigenvalue weighted by atomic mass is 32.2. The monoisotopic (exact) mass is 404 g/mol. The SMILES string of the molecule is CC(=O)NCC(C)c1cn(S(=O)(=O)c2ccc(C)cc2)c2cc(F)c(O)cc12. The van der Waals surface area contributed by atoms with E-state index in [0.717, 1.165) is 15.6 Å². The van der Waals surface area contributed by atoms with Crippen molar-refractivity contribution in [1.82, 2.24) is 9.29 Å². The molecule has 0 saturated carbocycles. The lowest BCUT2D eigenvalue weighted by molar-refractivity contribution is -0.119. The van der Waals surface area contributed by atoms with Gasteiger partial charge in [-0.3, -0.25) is 4.79 Å². The molecule has 0 fully saturated rings. The van der Waals surface area contributed by atoms with Crippen molar-refractivity contribution in [3.63, 3.8) is 0 Å². The van der Waals surface area contributed by atoms with E-state index in [-0.39, 0.29) is 28.8 Å². The molecule has 2 aromatic carbocycles. The molecule has 28 heavy (non-hydrogen) atoms. The van der Waals surface area contributed by atoms with Crippen LogP contribution in [-0.2, 0) is 14.8 Å². The second kappa shape index (κ2) is 7.27. The normalized spacial score (nSPS) is 12.9. The number of carbonyl (C=O) groups is 1. The molecule has 0 saturated heterocycles. The van der Waals surface area contributed by atoms with Gasteiger partial charge >= 0.3 is 0 Å². The molecule has 0 bridgehead atoms. The van der Waals surface area contributed by atoms with E-state index in [1.165, 1.54) is 31.3 Å². The van der Waals surface area contributed by atoms with Crippen molar-refractivity contribution >= 4 is 26.8 Å². The zero-order valence-corrected chi connectivity index (χ0v) is 16.5. The zero-order chi connectivity index (χ0) is 20.6. The predicted molar refractivity (Wildman–Crippen MR) is 104 cm³/mol. The number of hydrogen-bond acceptors (Lipinski definition) is 4. The Hall–Kier alpha value is -2.87. The number of aryl methyl sites for hydroxylation is 1. The lowest BCUT2D eigenvalue weighted by Crippen LogP contribution is -2.24. The maximum absolute atomic E-state index is 14.0. The highest BCUT2D eigenvalue weighted by Gasteiger charge is 2.24. The number of carbonyl (C=O) groups excluding carboxylic acids is 1. The van der Waals surface area contributed by atoms with E-state index in [9.17, 15) is 22.7 Å². The van der Waals surface area contributed by atoms with Gasteiger partial charge in [-0.1, -0.05) is 24.6 Å². The molecule has 0 aliphatic rings. The Kier molecular flexibility index (Phi) is 5.16. The van der Waals surface area contributed by atoms with E-state index >= 15 is 0 Å². The molecule has 1 atom stereocenters. The smallest absolute Gasteiger partial charge is 0.268 e. The van der Waals surface area contributed by atoms with Gasteiger partial charge in [0.1, 0.15) is 0 Å². The van der Waals surface area contributed by atoms with Crippen molar-refractivity contribution in [3.8, 4) is 5.75 Å². The molecule has 1 unspecified atom stereocenters. The second-order valence-electron chi connectivity index (χ2n) is 6.86. The minimum Gasteiger partial charge on any atom is -0.505 e. The van der Waals surface area contributed by atoms with E-state index in [0.29, 0.717) is 10.9 Å². The highest BCUT2D eigenvalue weighted by Crippen LogP contribution is 2.34. The Morgan fingerprint density at radius 1 is 1.25 bits per heavy atom. The predicted octanol–water partition coefficient (Wildman–Crippen LogP) is 3.27. The third-order valence-electron chi connectivity index (χ3n) is 4.64. The number of hydrogen-bond donors (Lipinski definition) is 2. The standard InChI is InChI=1S/C20H21FN2O4S/c1-12-4-6-15(7-5-12)28(26,27)23-11-17(13(2)10-22-14(3)24)16-8-20(25)18(21)9-19(16)23/h4-9,11,13,25H,10H2,1-3H3,(H,22,24). The van der Waals surface area contributed by atoms with Crippen molar-refractivity contribution in [1.29, 1.82) is 0 Å². The van der Waals surface area contributed by atoms with Gasteiger partial charge in [-0.2, -0.15) is 0 Å². The van der Waals surface area contributed by atoms with E-state index in [2.05, 4.69) is 5.32 Å². The fraction of sp³-hybridized carbons (Fsp3) is 0.250.